The molecule has 3 heteroatoms. The predicted molar refractivity (Wildman–Crippen MR) is 255 cm³/mol. The first kappa shape index (κ1) is 36.0. The minimum absolute atomic E-state index is 0.391. The summed E-state index contributed by atoms with van der Waals surface area (Å²) >= 11 is 0. The normalized spacial score (nSPS) is 16.6. The molecular weight excluding hydrogens is 763 g/mol. The number of fused-ring (bicyclic) bond motifs is 15. The van der Waals surface area contributed by atoms with Crippen LogP contribution >= 0.6 is 0 Å². The quantitative estimate of drug-likeness (QED) is 0.178. The molecular formula is C60H41N3. The third-order valence-electron chi connectivity index (χ3n) is 14.2. The monoisotopic (exact) mass is 803 g/mol. The zero-order valence-electron chi connectivity index (χ0n) is 34.8. The molecule has 1 unspecified atom stereocenters. The average Bonchev–Trinajstić information content (AvgIpc) is 3.82. The summed E-state index contributed by atoms with van der Waals surface area (Å²) in [6, 6.07) is 73.2. The van der Waals surface area contributed by atoms with Crippen molar-refractivity contribution in [3.8, 4) is 67.5 Å². The third kappa shape index (κ3) is 4.93. The number of nitrogens with zero attached hydrogens (tertiary/aromatic N) is 3. The first-order valence-corrected chi connectivity index (χ1v) is 22.1. The minimum Gasteiger partial charge on any atom is -0.208 e. The lowest BCUT2D eigenvalue weighted by Crippen LogP contribution is -2.45. The van der Waals surface area contributed by atoms with Crippen LogP contribution in [0.3, 0.4) is 0 Å². The molecule has 63 heavy (non-hydrogen) atoms. The van der Waals surface area contributed by atoms with Crippen molar-refractivity contribution in [1.29, 1.82) is 0 Å². The van der Waals surface area contributed by atoms with Crippen LogP contribution in [0.15, 0.2) is 223 Å². The molecule has 0 fully saturated rings. The number of aromatic nitrogens is 3. The number of rotatable bonds is 4. The highest BCUT2D eigenvalue weighted by molar-refractivity contribution is 5.96. The number of benzene rings is 8. The van der Waals surface area contributed by atoms with Crippen LogP contribution in [0.4, 0.5) is 0 Å². The van der Waals surface area contributed by atoms with Gasteiger partial charge in [-0.05, 0) is 90.2 Å². The molecule has 0 saturated carbocycles. The Morgan fingerprint density at radius 1 is 0.365 bits per heavy atom. The zero-order valence-corrected chi connectivity index (χ0v) is 34.8. The summed E-state index contributed by atoms with van der Waals surface area (Å²) in [6.07, 6.45) is 5.96. The van der Waals surface area contributed by atoms with Crippen LogP contribution < -0.4 is 0 Å². The summed E-state index contributed by atoms with van der Waals surface area (Å²) in [5.74, 6) is 2.35. The highest BCUT2D eigenvalue weighted by atomic mass is 15.0. The Labute approximate surface area is 367 Å². The molecule has 9 aromatic rings. The van der Waals surface area contributed by atoms with Gasteiger partial charge in [-0.3, -0.25) is 0 Å². The number of hydrogen-bond acceptors (Lipinski definition) is 3. The van der Waals surface area contributed by atoms with E-state index in [1.54, 1.807) is 0 Å². The molecule has 0 aliphatic heterocycles. The smallest absolute Gasteiger partial charge is 0.164 e. The van der Waals surface area contributed by atoms with Gasteiger partial charge in [0.2, 0.25) is 0 Å². The van der Waals surface area contributed by atoms with E-state index in [1.807, 2.05) is 36.4 Å². The molecule has 1 heterocycles. The molecule has 4 aliphatic carbocycles. The first-order valence-electron chi connectivity index (χ1n) is 22.1. The molecule has 0 amide bonds. The van der Waals surface area contributed by atoms with Gasteiger partial charge in [-0.15, -0.1) is 0 Å². The van der Waals surface area contributed by atoms with E-state index in [1.165, 1.54) is 72.3 Å². The summed E-state index contributed by atoms with van der Waals surface area (Å²) < 4.78 is 0. The Morgan fingerprint density at radius 2 is 0.746 bits per heavy atom. The lowest BCUT2D eigenvalue weighted by molar-refractivity contribution is 0.550. The van der Waals surface area contributed by atoms with E-state index in [2.05, 4.69) is 183 Å². The van der Waals surface area contributed by atoms with Crippen molar-refractivity contribution in [2.75, 3.05) is 0 Å². The van der Waals surface area contributed by atoms with E-state index >= 15 is 0 Å². The van der Waals surface area contributed by atoms with Crippen LogP contribution in [0.25, 0.3) is 67.5 Å². The van der Waals surface area contributed by atoms with E-state index < -0.39 is 10.8 Å². The largest absolute Gasteiger partial charge is 0.208 e. The molecule has 1 atom stereocenters. The highest BCUT2D eigenvalue weighted by Gasteiger charge is 2.60. The van der Waals surface area contributed by atoms with Crippen molar-refractivity contribution in [2.45, 2.75) is 24.2 Å². The lowest BCUT2D eigenvalue weighted by Gasteiger charge is -2.52. The fraction of sp³-hybridized carbons (Fsp3) is 0.0833. The van der Waals surface area contributed by atoms with Crippen molar-refractivity contribution in [3.05, 3.63) is 257 Å². The summed E-state index contributed by atoms with van der Waals surface area (Å²) in [6.45, 7) is 2.38. The summed E-state index contributed by atoms with van der Waals surface area (Å²) in [4.78, 5) is 15.1. The minimum atomic E-state index is -0.551. The summed E-state index contributed by atoms with van der Waals surface area (Å²) in [5.41, 5.74) is 20.6. The molecule has 4 aliphatic rings. The fourth-order valence-electron chi connectivity index (χ4n) is 11.8. The molecule has 0 bridgehead atoms. The van der Waals surface area contributed by atoms with E-state index in [-0.39, 0.29) is 0 Å². The molecule has 1 aromatic heterocycles. The van der Waals surface area contributed by atoms with Crippen LogP contribution in [0.5, 0.6) is 0 Å². The topological polar surface area (TPSA) is 38.7 Å². The molecule has 0 saturated heterocycles. The second-order valence-corrected chi connectivity index (χ2v) is 17.5. The van der Waals surface area contributed by atoms with E-state index in [9.17, 15) is 0 Å². The van der Waals surface area contributed by atoms with Crippen molar-refractivity contribution in [2.24, 2.45) is 5.92 Å². The van der Waals surface area contributed by atoms with Gasteiger partial charge in [0.05, 0.1) is 10.8 Å². The van der Waals surface area contributed by atoms with Gasteiger partial charge in [0.1, 0.15) is 0 Å². The van der Waals surface area contributed by atoms with E-state index in [4.69, 9.17) is 15.0 Å². The van der Waals surface area contributed by atoms with Gasteiger partial charge in [-0.2, -0.15) is 0 Å². The van der Waals surface area contributed by atoms with E-state index in [0.29, 0.717) is 23.4 Å². The van der Waals surface area contributed by atoms with Gasteiger partial charge in [0.25, 0.3) is 0 Å². The molecule has 13 rings (SSSR count). The van der Waals surface area contributed by atoms with Gasteiger partial charge < -0.3 is 0 Å². The van der Waals surface area contributed by atoms with Gasteiger partial charge in [0.15, 0.2) is 17.5 Å². The summed E-state index contributed by atoms with van der Waals surface area (Å²) in [7, 11) is 0. The Morgan fingerprint density at radius 3 is 1.24 bits per heavy atom. The van der Waals surface area contributed by atoms with Gasteiger partial charge in [0, 0.05) is 16.7 Å². The second-order valence-electron chi connectivity index (χ2n) is 17.5. The number of hydrogen-bond donors (Lipinski definition) is 0. The SMILES string of the molecule is CC1C=CC2=C(C1)C1(c3ccccc3-c3ccccc31)c1cccc(-c3ccc(-c4nc(-c5ccccc5)nc(-c5ccccc5)n4)cc3)c1C21c2ccccc2-c2ccccc21. The third-order valence-corrected chi connectivity index (χ3v) is 14.2. The van der Waals surface area contributed by atoms with Crippen LogP contribution in [-0.2, 0) is 10.8 Å². The molecule has 0 radical (unpaired) electrons. The average molecular weight is 804 g/mol. The summed E-state index contributed by atoms with van der Waals surface area (Å²) in [5, 5.41) is 0. The maximum Gasteiger partial charge on any atom is 0.164 e. The van der Waals surface area contributed by atoms with Crippen molar-refractivity contribution < 1.29 is 0 Å². The Balaban J connectivity index is 1.10. The molecule has 296 valence electrons. The molecule has 0 N–H and O–H groups in total. The Hall–Kier alpha value is -7.75. The Kier molecular flexibility index (Phi) is 7.78. The van der Waals surface area contributed by atoms with Crippen LogP contribution in [0.2, 0.25) is 0 Å². The lowest BCUT2D eigenvalue weighted by atomic mass is 9.49. The maximum atomic E-state index is 5.09. The van der Waals surface area contributed by atoms with Gasteiger partial charge in [-0.25, -0.2) is 15.0 Å². The van der Waals surface area contributed by atoms with Crippen LogP contribution in [0, 0.1) is 5.92 Å². The van der Waals surface area contributed by atoms with Crippen LogP contribution in [-0.4, -0.2) is 15.0 Å². The first-order chi connectivity index (χ1) is 31.2. The van der Waals surface area contributed by atoms with Crippen molar-refractivity contribution in [3.63, 3.8) is 0 Å². The van der Waals surface area contributed by atoms with Crippen LogP contribution in [0.1, 0.15) is 46.7 Å². The van der Waals surface area contributed by atoms with Crippen molar-refractivity contribution in [1.82, 2.24) is 15.0 Å². The zero-order chi connectivity index (χ0) is 41.7. The predicted octanol–water partition coefficient (Wildman–Crippen LogP) is 14.1. The van der Waals surface area contributed by atoms with Crippen molar-refractivity contribution >= 4 is 0 Å². The van der Waals surface area contributed by atoms with E-state index in [0.717, 1.165) is 28.7 Å². The molecule has 8 aromatic carbocycles. The fourth-order valence-corrected chi connectivity index (χ4v) is 11.8. The standard InChI is InChI=1S/C60H41N3/c1-38-31-36-52-54(37-38)59(48-26-12-8-21-44(48)45-22-9-13-27-49(45)59)53-30-16-25-43(55(53)60(52)50-28-14-10-23-46(50)47-24-11-15-29-51(47)60)39-32-34-42(35-33-39)58-62-56(40-17-4-2-5-18-40)61-57(63-58)41-19-6-3-7-20-41/h2-36,38H,37H2,1H3. The highest BCUT2D eigenvalue weighted by Crippen LogP contribution is 2.70. The molecule has 3 nitrogen and oxygen atoms in total. The maximum absolute atomic E-state index is 5.09. The Bertz CT molecular complexity index is 3230. The second kappa shape index (κ2) is 13.6. The number of allylic oxidation sites excluding steroid dienone is 4. The van der Waals surface area contributed by atoms with Gasteiger partial charge >= 0.3 is 0 Å². The van der Waals surface area contributed by atoms with Gasteiger partial charge in [-0.1, -0.05) is 219 Å². The molecule has 2 spiro atoms.